The van der Waals surface area contributed by atoms with Crippen molar-refractivity contribution in [3.8, 4) is 11.5 Å². The van der Waals surface area contributed by atoms with Crippen molar-refractivity contribution in [3.05, 3.63) is 22.2 Å². The van der Waals surface area contributed by atoms with Gasteiger partial charge in [-0.25, -0.2) is 0 Å². The number of nitrogens with zero attached hydrogens (tertiary/aromatic N) is 1. The van der Waals surface area contributed by atoms with Gasteiger partial charge in [-0.15, -0.1) is 0 Å². The second-order valence-electron chi connectivity index (χ2n) is 4.67. The lowest BCUT2D eigenvalue weighted by Gasteiger charge is -2.25. The zero-order valence-corrected chi connectivity index (χ0v) is 11.6. The Morgan fingerprint density at radius 3 is 2.60 bits per heavy atom. The normalized spacial score (nSPS) is 18.4. The number of piperidine rings is 1. The lowest BCUT2D eigenvalue weighted by molar-refractivity contribution is -0.384. The third kappa shape index (κ3) is 3.11. The minimum Gasteiger partial charge on any atom is -0.493 e. The first-order chi connectivity index (χ1) is 9.65. The largest absolute Gasteiger partial charge is 0.493 e. The van der Waals surface area contributed by atoms with Crippen molar-refractivity contribution in [3.63, 3.8) is 0 Å². The van der Waals surface area contributed by atoms with Gasteiger partial charge in [0, 0.05) is 18.7 Å². The average molecular weight is 281 g/mol. The molecule has 0 saturated carbocycles. The number of hydrogen-bond acceptors (Lipinski definition) is 6. The lowest BCUT2D eigenvalue weighted by atomic mass is 10.1. The standard InChI is InChI=1S/C13H19N3O4/c1-19-12-6-10(15-9-4-3-5-14-8-9)11(16(17)18)7-13(12)20-2/h6-7,9,14-15H,3-5,8H2,1-2H3. The van der Waals surface area contributed by atoms with Gasteiger partial charge in [-0.1, -0.05) is 0 Å². The summed E-state index contributed by atoms with van der Waals surface area (Å²) in [5.74, 6) is 0.830. The first-order valence-corrected chi connectivity index (χ1v) is 6.53. The minimum absolute atomic E-state index is 0.00627. The number of hydrogen-bond donors (Lipinski definition) is 2. The van der Waals surface area contributed by atoms with Crippen LogP contribution in [0.1, 0.15) is 12.8 Å². The van der Waals surface area contributed by atoms with E-state index in [0.717, 1.165) is 25.9 Å². The summed E-state index contributed by atoms with van der Waals surface area (Å²) in [6.07, 6.45) is 2.04. The molecule has 7 heteroatoms. The Bertz CT molecular complexity index is 487. The molecule has 1 atom stereocenters. The van der Waals surface area contributed by atoms with Crippen LogP contribution in [0.2, 0.25) is 0 Å². The van der Waals surface area contributed by atoms with Crippen LogP contribution in [0.15, 0.2) is 12.1 Å². The van der Waals surface area contributed by atoms with E-state index < -0.39 is 4.92 Å². The van der Waals surface area contributed by atoms with Gasteiger partial charge in [0.2, 0.25) is 0 Å². The van der Waals surface area contributed by atoms with Crippen LogP contribution in [0.3, 0.4) is 0 Å². The van der Waals surface area contributed by atoms with Crippen LogP contribution < -0.4 is 20.1 Å². The molecule has 0 radical (unpaired) electrons. The molecule has 0 amide bonds. The summed E-state index contributed by atoms with van der Waals surface area (Å²) >= 11 is 0. The Labute approximate surface area is 117 Å². The molecular weight excluding hydrogens is 262 g/mol. The molecule has 0 aromatic heterocycles. The van der Waals surface area contributed by atoms with Gasteiger partial charge >= 0.3 is 0 Å². The van der Waals surface area contributed by atoms with Gasteiger partial charge in [0.05, 0.1) is 25.2 Å². The summed E-state index contributed by atoms with van der Waals surface area (Å²) in [5, 5.41) is 17.7. The van der Waals surface area contributed by atoms with Gasteiger partial charge in [-0.2, -0.15) is 0 Å². The molecule has 0 bridgehead atoms. The maximum absolute atomic E-state index is 11.2. The average Bonchev–Trinajstić information content (AvgIpc) is 2.47. The molecule has 7 nitrogen and oxygen atoms in total. The molecule has 0 spiro atoms. The third-order valence-corrected chi connectivity index (χ3v) is 3.36. The zero-order chi connectivity index (χ0) is 14.5. The second-order valence-corrected chi connectivity index (χ2v) is 4.67. The quantitative estimate of drug-likeness (QED) is 0.632. The van der Waals surface area contributed by atoms with E-state index in [1.807, 2.05) is 0 Å². The highest BCUT2D eigenvalue weighted by Gasteiger charge is 2.22. The van der Waals surface area contributed by atoms with Gasteiger partial charge in [0.25, 0.3) is 5.69 Å². The number of nitrogens with one attached hydrogen (secondary N) is 2. The van der Waals surface area contributed by atoms with E-state index in [1.165, 1.54) is 20.3 Å². The van der Waals surface area contributed by atoms with Crippen LogP contribution >= 0.6 is 0 Å². The van der Waals surface area contributed by atoms with Crippen LogP contribution in [0.5, 0.6) is 11.5 Å². The number of methoxy groups -OCH3 is 2. The Morgan fingerprint density at radius 2 is 2.05 bits per heavy atom. The van der Waals surface area contributed by atoms with Crippen molar-refractivity contribution in [1.82, 2.24) is 5.32 Å². The summed E-state index contributed by atoms with van der Waals surface area (Å²) in [6.45, 7) is 1.79. The van der Waals surface area contributed by atoms with E-state index in [4.69, 9.17) is 9.47 Å². The maximum atomic E-state index is 11.2. The highest BCUT2D eigenvalue weighted by molar-refractivity contribution is 5.68. The molecule has 1 heterocycles. The van der Waals surface area contributed by atoms with Crippen LogP contribution in [0.25, 0.3) is 0 Å². The minimum atomic E-state index is -0.416. The molecule has 1 saturated heterocycles. The SMILES string of the molecule is COc1cc(NC2CCCNC2)c([N+](=O)[O-])cc1OC. The lowest BCUT2D eigenvalue weighted by Crippen LogP contribution is -2.38. The number of rotatable bonds is 5. The van der Waals surface area contributed by atoms with Crippen LogP contribution in [0.4, 0.5) is 11.4 Å². The van der Waals surface area contributed by atoms with Crippen molar-refractivity contribution in [1.29, 1.82) is 0 Å². The van der Waals surface area contributed by atoms with Gasteiger partial charge < -0.3 is 20.1 Å². The highest BCUT2D eigenvalue weighted by Crippen LogP contribution is 2.38. The fourth-order valence-corrected chi connectivity index (χ4v) is 2.33. The van der Waals surface area contributed by atoms with E-state index >= 15 is 0 Å². The number of nitro benzene ring substituents is 1. The summed E-state index contributed by atoms with van der Waals surface area (Å²) < 4.78 is 10.3. The monoisotopic (exact) mass is 281 g/mol. The first-order valence-electron chi connectivity index (χ1n) is 6.53. The number of anilines is 1. The Morgan fingerprint density at radius 1 is 1.35 bits per heavy atom. The van der Waals surface area contributed by atoms with E-state index in [2.05, 4.69) is 10.6 Å². The van der Waals surface area contributed by atoms with E-state index in [-0.39, 0.29) is 11.7 Å². The topological polar surface area (TPSA) is 85.7 Å². The Kier molecular flexibility index (Phi) is 4.62. The second kappa shape index (κ2) is 6.42. The summed E-state index contributed by atoms with van der Waals surface area (Å²) in [6, 6.07) is 3.18. The predicted molar refractivity (Wildman–Crippen MR) is 75.7 cm³/mol. The van der Waals surface area contributed by atoms with Crippen molar-refractivity contribution < 1.29 is 14.4 Å². The molecule has 110 valence electrons. The van der Waals surface area contributed by atoms with Gasteiger partial charge in [0.1, 0.15) is 5.69 Å². The molecule has 20 heavy (non-hydrogen) atoms. The molecule has 1 aliphatic rings. The number of nitro groups is 1. The van der Waals surface area contributed by atoms with Gasteiger partial charge in [0.15, 0.2) is 11.5 Å². The first kappa shape index (κ1) is 14.4. The molecule has 1 aromatic carbocycles. The molecular formula is C13H19N3O4. The van der Waals surface area contributed by atoms with Crippen LogP contribution in [-0.2, 0) is 0 Å². The third-order valence-electron chi connectivity index (χ3n) is 3.36. The van der Waals surface area contributed by atoms with Crippen molar-refractivity contribution >= 4 is 11.4 Å². The summed E-state index contributed by atoms with van der Waals surface area (Å²) in [7, 11) is 2.97. The molecule has 1 unspecified atom stereocenters. The van der Waals surface area contributed by atoms with Gasteiger partial charge in [-0.3, -0.25) is 10.1 Å². The Balaban J connectivity index is 2.30. The van der Waals surface area contributed by atoms with Crippen molar-refractivity contribution in [2.75, 3.05) is 32.6 Å². The van der Waals surface area contributed by atoms with Gasteiger partial charge in [-0.05, 0) is 19.4 Å². The molecule has 1 aromatic rings. The van der Waals surface area contributed by atoms with E-state index in [0.29, 0.717) is 17.2 Å². The van der Waals surface area contributed by atoms with Crippen molar-refractivity contribution in [2.45, 2.75) is 18.9 Å². The molecule has 1 fully saturated rings. The number of ether oxygens (including phenoxy) is 2. The van der Waals surface area contributed by atoms with E-state index in [9.17, 15) is 10.1 Å². The fraction of sp³-hybridized carbons (Fsp3) is 0.538. The zero-order valence-electron chi connectivity index (χ0n) is 11.6. The van der Waals surface area contributed by atoms with Crippen LogP contribution in [-0.4, -0.2) is 38.3 Å². The van der Waals surface area contributed by atoms with E-state index in [1.54, 1.807) is 6.07 Å². The van der Waals surface area contributed by atoms with Crippen molar-refractivity contribution in [2.24, 2.45) is 0 Å². The number of benzene rings is 1. The molecule has 0 aliphatic carbocycles. The smallest absolute Gasteiger partial charge is 0.296 e. The summed E-state index contributed by atoms with van der Waals surface area (Å²) in [4.78, 5) is 10.8. The molecule has 2 N–H and O–H groups in total. The highest BCUT2D eigenvalue weighted by atomic mass is 16.6. The summed E-state index contributed by atoms with van der Waals surface area (Å²) in [5.41, 5.74) is 0.453. The fourth-order valence-electron chi connectivity index (χ4n) is 2.33. The maximum Gasteiger partial charge on any atom is 0.296 e. The van der Waals surface area contributed by atoms with Crippen LogP contribution in [0, 0.1) is 10.1 Å². The molecule has 2 rings (SSSR count). The molecule has 1 aliphatic heterocycles. The predicted octanol–water partition coefficient (Wildman–Crippen LogP) is 1.78. The Hall–Kier alpha value is -2.02.